The van der Waals surface area contributed by atoms with Crippen LogP contribution < -0.4 is 5.32 Å². The number of fused-ring (bicyclic) bond motifs is 2. The Hall–Kier alpha value is -2.21. The fourth-order valence-corrected chi connectivity index (χ4v) is 4.63. The SMILES string of the molecule is Cc1c(C(=O)NC2C3CCC(C3)C2CO)cnn1-c1ccccc1F. The van der Waals surface area contributed by atoms with Crippen molar-refractivity contribution in [3.63, 3.8) is 0 Å². The van der Waals surface area contributed by atoms with Gasteiger partial charge in [0.05, 0.1) is 17.5 Å². The fraction of sp³-hybridized carbons (Fsp3) is 0.474. The molecule has 4 unspecified atom stereocenters. The summed E-state index contributed by atoms with van der Waals surface area (Å²) in [7, 11) is 0. The minimum atomic E-state index is -0.380. The largest absolute Gasteiger partial charge is 0.396 e. The van der Waals surface area contributed by atoms with Gasteiger partial charge in [-0.05, 0) is 50.2 Å². The molecule has 4 rings (SSSR count). The number of aliphatic hydroxyl groups is 1. The molecule has 1 aromatic carbocycles. The van der Waals surface area contributed by atoms with Crippen molar-refractivity contribution in [2.24, 2.45) is 17.8 Å². The fourth-order valence-electron chi connectivity index (χ4n) is 4.63. The molecular weight excluding hydrogens is 321 g/mol. The van der Waals surface area contributed by atoms with Crippen LogP contribution in [0.5, 0.6) is 0 Å². The summed E-state index contributed by atoms with van der Waals surface area (Å²) in [6.45, 7) is 1.87. The normalized spacial score (nSPS) is 27.6. The second kappa shape index (κ2) is 6.26. The summed E-state index contributed by atoms with van der Waals surface area (Å²) in [6, 6.07) is 6.38. The molecule has 2 saturated carbocycles. The van der Waals surface area contributed by atoms with E-state index in [0.717, 1.165) is 19.3 Å². The zero-order valence-corrected chi connectivity index (χ0v) is 14.2. The van der Waals surface area contributed by atoms with Gasteiger partial charge in [-0.25, -0.2) is 9.07 Å². The van der Waals surface area contributed by atoms with Gasteiger partial charge in [0.1, 0.15) is 11.5 Å². The summed E-state index contributed by atoms with van der Waals surface area (Å²) >= 11 is 0. The molecular formula is C19H22FN3O2. The Kier molecular flexibility index (Phi) is 4.07. The molecule has 0 saturated heterocycles. The third-order valence-corrected chi connectivity index (χ3v) is 5.93. The van der Waals surface area contributed by atoms with Crippen molar-refractivity contribution < 1.29 is 14.3 Å². The Balaban J connectivity index is 1.57. The topological polar surface area (TPSA) is 67.2 Å². The van der Waals surface area contributed by atoms with Gasteiger partial charge in [0, 0.05) is 18.6 Å². The average molecular weight is 343 g/mol. The highest BCUT2D eigenvalue weighted by Crippen LogP contribution is 2.48. The van der Waals surface area contributed by atoms with Gasteiger partial charge in [0.15, 0.2) is 0 Å². The van der Waals surface area contributed by atoms with E-state index in [4.69, 9.17) is 0 Å². The lowest BCUT2D eigenvalue weighted by molar-refractivity contribution is 0.0861. The number of aliphatic hydroxyl groups excluding tert-OH is 1. The molecule has 2 aliphatic carbocycles. The predicted octanol–water partition coefficient (Wildman–Crippen LogP) is 2.46. The number of halogens is 1. The Labute approximate surface area is 145 Å². The van der Waals surface area contributed by atoms with E-state index in [9.17, 15) is 14.3 Å². The summed E-state index contributed by atoms with van der Waals surface area (Å²) in [5.74, 6) is 0.533. The van der Waals surface area contributed by atoms with Gasteiger partial charge in [0.2, 0.25) is 0 Å². The third-order valence-electron chi connectivity index (χ3n) is 5.93. The van der Waals surface area contributed by atoms with Gasteiger partial charge < -0.3 is 10.4 Å². The molecule has 0 radical (unpaired) electrons. The zero-order valence-electron chi connectivity index (χ0n) is 14.2. The molecule has 6 heteroatoms. The first-order valence-electron chi connectivity index (χ1n) is 8.81. The van der Waals surface area contributed by atoms with Gasteiger partial charge in [-0.2, -0.15) is 5.10 Å². The summed E-state index contributed by atoms with van der Waals surface area (Å²) in [5, 5.41) is 17.0. The van der Waals surface area contributed by atoms with Crippen LogP contribution in [0.25, 0.3) is 5.69 Å². The van der Waals surface area contributed by atoms with Gasteiger partial charge in [-0.1, -0.05) is 12.1 Å². The molecule has 2 N–H and O–H groups in total. The number of carbonyl (C=O) groups excluding carboxylic acids is 1. The molecule has 0 spiro atoms. The molecule has 1 amide bonds. The smallest absolute Gasteiger partial charge is 0.254 e. The lowest BCUT2D eigenvalue weighted by Gasteiger charge is -2.30. The number of aromatic nitrogens is 2. The predicted molar refractivity (Wildman–Crippen MR) is 90.9 cm³/mol. The van der Waals surface area contributed by atoms with Gasteiger partial charge in [0.25, 0.3) is 5.91 Å². The summed E-state index contributed by atoms with van der Waals surface area (Å²) < 4.78 is 15.5. The van der Waals surface area contributed by atoms with Crippen LogP contribution in [0.1, 0.15) is 35.3 Å². The maximum absolute atomic E-state index is 14.0. The molecule has 1 aromatic heterocycles. The second-order valence-electron chi connectivity index (χ2n) is 7.19. The number of benzene rings is 1. The van der Waals surface area contributed by atoms with E-state index in [-0.39, 0.29) is 30.3 Å². The van der Waals surface area contributed by atoms with E-state index in [2.05, 4.69) is 10.4 Å². The molecule has 2 aromatic rings. The molecule has 4 atom stereocenters. The quantitative estimate of drug-likeness (QED) is 0.896. The maximum Gasteiger partial charge on any atom is 0.254 e. The number of carbonyl (C=O) groups is 1. The van der Waals surface area contributed by atoms with E-state index < -0.39 is 0 Å². The van der Waals surface area contributed by atoms with Crippen molar-refractivity contribution in [1.29, 1.82) is 0 Å². The first kappa shape index (κ1) is 16.3. The molecule has 1 heterocycles. The van der Waals surface area contributed by atoms with E-state index in [1.165, 1.54) is 16.9 Å². The lowest BCUT2D eigenvalue weighted by atomic mass is 9.85. The molecule has 5 nitrogen and oxygen atoms in total. The van der Waals surface area contributed by atoms with Crippen LogP contribution in [0.15, 0.2) is 30.5 Å². The Morgan fingerprint density at radius 1 is 1.36 bits per heavy atom. The van der Waals surface area contributed by atoms with E-state index >= 15 is 0 Å². The van der Waals surface area contributed by atoms with E-state index in [0.29, 0.717) is 28.8 Å². The summed E-state index contributed by atoms with van der Waals surface area (Å²) in [4.78, 5) is 12.7. The average Bonchev–Trinajstić information content (AvgIpc) is 3.30. The number of hydrogen-bond acceptors (Lipinski definition) is 3. The van der Waals surface area contributed by atoms with Crippen molar-refractivity contribution in [2.45, 2.75) is 32.2 Å². The van der Waals surface area contributed by atoms with E-state index in [1.807, 2.05) is 0 Å². The third kappa shape index (κ3) is 2.65. The van der Waals surface area contributed by atoms with Crippen LogP contribution in [0.3, 0.4) is 0 Å². The van der Waals surface area contributed by atoms with Gasteiger partial charge in [-0.3, -0.25) is 4.79 Å². The van der Waals surface area contributed by atoms with Crippen LogP contribution in [0.4, 0.5) is 4.39 Å². The minimum absolute atomic E-state index is 0.0208. The second-order valence-corrected chi connectivity index (χ2v) is 7.19. The first-order valence-corrected chi connectivity index (χ1v) is 8.81. The summed E-state index contributed by atoms with van der Waals surface area (Å²) in [6.07, 6.45) is 4.83. The van der Waals surface area contributed by atoms with Crippen LogP contribution in [0, 0.1) is 30.5 Å². The highest BCUT2D eigenvalue weighted by Gasteiger charge is 2.47. The minimum Gasteiger partial charge on any atom is -0.396 e. The lowest BCUT2D eigenvalue weighted by Crippen LogP contribution is -2.45. The standard InChI is InChI=1S/C19H22FN3O2/c1-11-14(9-21-23(11)17-5-3-2-4-16(17)20)19(25)22-18-13-7-6-12(8-13)15(18)10-24/h2-5,9,12-13,15,18,24H,6-8,10H2,1H3,(H,22,25). The number of nitrogens with one attached hydrogen (secondary N) is 1. The van der Waals surface area contributed by atoms with Crippen LogP contribution in [0.2, 0.25) is 0 Å². The van der Waals surface area contributed by atoms with E-state index in [1.54, 1.807) is 25.1 Å². The maximum atomic E-state index is 14.0. The highest BCUT2D eigenvalue weighted by atomic mass is 19.1. The van der Waals surface area contributed by atoms with Crippen molar-refractivity contribution in [3.8, 4) is 5.69 Å². The van der Waals surface area contributed by atoms with Crippen molar-refractivity contribution in [2.75, 3.05) is 6.61 Å². The Morgan fingerprint density at radius 2 is 2.12 bits per heavy atom. The molecule has 2 aliphatic rings. The summed E-state index contributed by atoms with van der Waals surface area (Å²) in [5.41, 5.74) is 1.38. The van der Waals surface area contributed by atoms with Crippen molar-refractivity contribution in [3.05, 3.63) is 47.5 Å². The molecule has 2 bridgehead atoms. The molecule has 0 aliphatic heterocycles. The highest BCUT2D eigenvalue weighted by molar-refractivity contribution is 5.95. The van der Waals surface area contributed by atoms with Crippen LogP contribution in [-0.2, 0) is 0 Å². The van der Waals surface area contributed by atoms with Crippen molar-refractivity contribution >= 4 is 5.91 Å². The van der Waals surface area contributed by atoms with Crippen LogP contribution >= 0.6 is 0 Å². The number of rotatable bonds is 4. The Morgan fingerprint density at radius 3 is 2.88 bits per heavy atom. The van der Waals surface area contributed by atoms with Gasteiger partial charge >= 0.3 is 0 Å². The molecule has 25 heavy (non-hydrogen) atoms. The number of nitrogens with zero attached hydrogens (tertiary/aromatic N) is 2. The number of amides is 1. The van der Waals surface area contributed by atoms with Crippen LogP contribution in [-0.4, -0.2) is 33.4 Å². The zero-order chi connectivity index (χ0) is 17.6. The number of hydrogen-bond donors (Lipinski definition) is 2. The van der Waals surface area contributed by atoms with Gasteiger partial charge in [-0.15, -0.1) is 0 Å². The molecule has 132 valence electrons. The first-order chi connectivity index (χ1) is 12.1. The molecule has 2 fully saturated rings. The number of para-hydroxylation sites is 1. The Bertz CT molecular complexity index is 804. The monoisotopic (exact) mass is 343 g/mol. The van der Waals surface area contributed by atoms with Crippen molar-refractivity contribution in [1.82, 2.24) is 15.1 Å².